The normalized spacial score (nSPS) is 14.8. The lowest BCUT2D eigenvalue weighted by Crippen LogP contribution is -2.37. The Hall–Kier alpha value is -1.30. The van der Waals surface area contributed by atoms with Crippen molar-refractivity contribution in [1.82, 2.24) is 0 Å². The number of hydrogen-bond donors (Lipinski definition) is 3. The Labute approximate surface area is 68.4 Å². The first kappa shape index (κ1) is 10.7. The summed E-state index contributed by atoms with van der Waals surface area (Å²) >= 11 is 0. The molecule has 3 N–H and O–H groups in total. The second-order valence-corrected chi connectivity index (χ2v) is 2.58. The van der Waals surface area contributed by atoms with Crippen molar-refractivity contribution in [3.05, 3.63) is 0 Å². The largest absolute Gasteiger partial charge is 0.505 e. The summed E-state index contributed by atoms with van der Waals surface area (Å²) in [5.41, 5.74) is -1.56. The predicted molar refractivity (Wildman–Crippen MR) is 36.8 cm³/mol. The Morgan fingerprint density at radius 2 is 1.92 bits per heavy atom. The number of aliphatic hydroxyl groups excluding tert-OH is 1. The van der Waals surface area contributed by atoms with Crippen LogP contribution in [0.25, 0.3) is 0 Å². The van der Waals surface area contributed by atoms with Gasteiger partial charge in [0, 0.05) is 0 Å². The van der Waals surface area contributed by atoms with Crippen LogP contribution < -0.4 is 0 Å². The second kappa shape index (κ2) is 3.91. The van der Waals surface area contributed by atoms with Crippen LogP contribution in [0.4, 0.5) is 4.79 Å². The van der Waals surface area contributed by atoms with Gasteiger partial charge in [-0.3, -0.25) is 4.79 Å². The third kappa shape index (κ3) is 2.75. The number of ether oxygens (including phenoxy) is 1. The van der Waals surface area contributed by atoms with Gasteiger partial charge in [0.05, 0.1) is 6.61 Å². The molecule has 0 bridgehead atoms. The van der Waals surface area contributed by atoms with Gasteiger partial charge in [-0.05, 0) is 6.92 Å². The molecule has 0 aliphatic heterocycles. The first-order chi connectivity index (χ1) is 5.42. The summed E-state index contributed by atoms with van der Waals surface area (Å²) in [7, 11) is 0. The fourth-order valence-electron chi connectivity index (χ4n) is 0.396. The first-order valence-electron chi connectivity index (χ1n) is 3.12. The molecule has 0 rings (SSSR count). The molecule has 70 valence electrons. The van der Waals surface area contributed by atoms with Crippen LogP contribution in [0, 0.1) is 5.41 Å². The molecule has 0 aliphatic rings. The van der Waals surface area contributed by atoms with E-state index in [4.69, 9.17) is 15.3 Å². The van der Waals surface area contributed by atoms with Crippen molar-refractivity contribution in [1.29, 1.82) is 0 Å². The van der Waals surface area contributed by atoms with Crippen LogP contribution in [0.2, 0.25) is 0 Å². The third-order valence-corrected chi connectivity index (χ3v) is 1.38. The van der Waals surface area contributed by atoms with Gasteiger partial charge in [-0.2, -0.15) is 0 Å². The topological polar surface area (TPSA) is 104 Å². The van der Waals surface area contributed by atoms with Gasteiger partial charge < -0.3 is 20.1 Å². The van der Waals surface area contributed by atoms with E-state index in [-0.39, 0.29) is 0 Å². The smallest absolute Gasteiger partial charge is 0.481 e. The van der Waals surface area contributed by atoms with Crippen LogP contribution in [0.3, 0.4) is 0 Å². The summed E-state index contributed by atoms with van der Waals surface area (Å²) in [6, 6.07) is 0. The maximum Gasteiger partial charge on any atom is 0.505 e. The van der Waals surface area contributed by atoms with Crippen molar-refractivity contribution >= 4 is 12.1 Å². The van der Waals surface area contributed by atoms with Gasteiger partial charge in [0.15, 0.2) is 0 Å². The molecule has 0 aromatic rings. The average molecular weight is 178 g/mol. The van der Waals surface area contributed by atoms with E-state index in [1.54, 1.807) is 0 Å². The van der Waals surface area contributed by atoms with Crippen molar-refractivity contribution in [2.75, 3.05) is 13.2 Å². The molecule has 0 heterocycles. The van der Waals surface area contributed by atoms with Gasteiger partial charge in [0.1, 0.15) is 12.0 Å². The summed E-state index contributed by atoms with van der Waals surface area (Å²) in [6.45, 7) is -0.0396. The van der Waals surface area contributed by atoms with E-state index in [2.05, 4.69) is 4.74 Å². The van der Waals surface area contributed by atoms with Gasteiger partial charge >= 0.3 is 12.1 Å². The molecule has 6 heteroatoms. The van der Waals surface area contributed by atoms with Gasteiger partial charge in [-0.15, -0.1) is 0 Å². The van der Waals surface area contributed by atoms with Crippen molar-refractivity contribution in [2.24, 2.45) is 5.41 Å². The second-order valence-electron chi connectivity index (χ2n) is 2.58. The van der Waals surface area contributed by atoms with Gasteiger partial charge in [0.25, 0.3) is 0 Å². The zero-order valence-corrected chi connectivity index (χ0v) is 6.48. The molecule has 1 atom stereocenters. The molecule has 0 aromatic carbocycles. The lowest BCUT2D eigenvalue weighted by Gasteiger charge is -2.19. The highest BCUT2D eigenvalue weighted by Gasteiger charge is 2.34. The first-order valence-corrected chi connectivity index (χ1v) is 3.12. The number of rotatable bonds is 4. The number of hydrogen-bond acceptors (Lipinski definition) is 4. The average Bonchev–Trinajstić information content (AvgIpc) is 1.99. The molecule has 0 fully saturated rings. The Morgan fingerprint density at radius 3 is 2.17 bits per heavy atom. The van der Waals surface area contributed by atoms with E-state index in [0.717, 1.165) is 0 Å². The highest BCUT2D eigenvalue weighted by atomic mass is 16.7. The minimum atomic E-state index is -1.56. The van der Waals surface area contributed by atoms with Gasteiger partial charge in [0.2, 0.25) is 0 Å². The van der Waals surface area contributed by atoms with Crippen molar-refractivity contribution < 1.29 is 29.6 Å². The lowest BCUT2D eigenvalue weighted by atomic mass is 9.93. The fraction of sp³-hybridized carbons (Fsp3) is 0.667. The molecule has 0 saturated carbocycles. The van der Waals surface area contributed by atoms with Crippen LogP contribution in [0.5, 0.6) is 0 Å². The third-order valence-electron chi connectivity index (χ3n) is 1.38. The molecule has 1 unspecified atom stereocenters. The van der Waals surface area contributed by atoms with Gasteiger partial charge in [-0.1, -0.05) is 0 Å². The molecule has 0 amide bonds. The van der Waals surface area contributed by atoms with E-state index in [1.807, 2.05) is 0 Å². The molecule has 0 saturated heterocycles. The summed E-state index contributed by atoms with van der Waals surface area (Å²) in [6.07, 6.45) is -1.56. The van der Waals surface area contributed by atoms with E-state index >= 15 is 0 Å². The van der Waals surface area contributed by atoms with Crippen molar-refractivity contribution in [3.8, 4) is 0 Å². The molecular formula is C6H10O6. The van der Waals surface area contributed by atoms with Crippen molar-refractivity contribution in [3.63, 3.8) is 0 Å². The highest BCUT2D eigenvalue weighted by molar-refractivity contribution is 5.74. The Morgan fingerprint density at radius 1 is 1.42 bits per heavy atom. The predicted octanol–water partition coefficient (Wildman–Crippen LogP) is -0.236. The molecule has 0 radical (unpaired) electrons. The molecule has 12 heavy (non-hydrogen) atoms. The fourth-order valence-corrected chi connectivity index (χ4v) is 0.396. The minimum Gasteiger partial charge on any atom is -0.481 e. The van der Waals surface area contributed by atoms with Crippen LogP contribution in [-0.4, -0.2) is 40.7 Å². The Bertz CT molecular complexity index is 188. The van der Waals surface area contributed by atoms with E-state index in [9.17, 15) is 9.59 Å². The zero-order valence-electron chi connectivity index (χ0n) is 6.48. The van der Waals surface area contributed by atoms with Crippen LogP contribution in [-0.2, 0) is 9.53 Å². The highest BCUT2D eigenvalue weighted by Crippen LogP contribution is 2.15. The summed E-state index contributed by atoms with van der Waals surface area (Å²) < 4.78 is 4.04. The molecule has 0 spiro atoms. The monoisotopic (exact) mass is 178 g/mol. The number of carbonyl (C=O) groups is 2. The van der Waals surface area contributed by atoms with Gasteiger partial charge in [-0.25, -0.2) is 4.79 Å². The maximum absolute atomic E-state index is 10.4. The number of aliphatic hydroxyl groups is 1. The zero-order chi connectivity index (χ0) is 9.78. The number of aliphatic carboxylic acids is 1. The van der Waals surface area contributed by atoms with Crippen LogP contribution in [0.1, 0.15) is 6.92 Å². The Balaban J connectivity index is 4.15. The molecular weight excluding hydrogens is 168 g/mol. The number of carboxylic acid groups (broad SMARTS) is 2. The summed E-state index contributed by atoms with van der Waals surface area (Å²) in [5, 5.41) is 25.2. The summed E-state index contributed by atoms with van der Waals surface area (Å²) in [5.74, 6) is -1.30. The quantitative estimate of drug-likeness (QED) is 0.513. The maximum atomic E-state index is 10.4. The molecule has 0 aliphatic carbocycles. The van der Waals surface area contributed by atoms with E-state index in [1.165, 1.54) is 6.92 Å². The van der Waals surface area contributed by atoms with E-state index < -0.39 is 30.8 Å². The van der Waals surface area contributed by atoms with Crippen molar-refractivity contribution in [2.45, 2.75) is 6.92 Å². The standard InChI is InChI=1S/C6H10O6/c1-6(2-7,4(8)9)3-12-5(10)11/h7H,2-3H2,1H3,(H,8,9)(H,10,11). The lowest BCUT2D eigenvalue weighted by molar-refractivity contribution is -0.153. The number of carboxylic acids is 1. The van der Waals surface area contributed by atoms with E-state index in [0.29, 0.717) is 0 Å². The molecule has 0 aromatic heterocycles. The Kier molecular flexibility index (Phi) is 3.49. The van der Waals surface area contributed by atoms with Crippen LogP contribution in [0.15, 0.2) is 0 Å². The molecule has 6 nitrogen and oxygen atoms in total. The van der Waals surface area contributed by atoms with Crippen LogP contribution >= 0.6 is 0 Å². The SMILES string of the molecule is CC(CO)(COC(=O)O)C(=O)O. The summed E-state index contributed by atoms with van der Waals surface area (Å²) in [4.78, 5) is 20.3. The minimum absolute atomic E-state index is 0.561.